The Morgan fingerprint density at radius 3 is 2.45 bits per heavy atom. The third kappa shape index (κ3) is 5.89. The molecule has 1 N–H and O–H groups in total. The van der Waals surface area contributed by atoms with E-state index in [0.29, 0.717) is 24.5 Å². The lowest BCUT2D eigenvalue weighted by atomic mass is 10.1. The molecule has 0 aliphatic carbocycles. The summed E-state index contributed by atoms with van der Waals surface area (Å²) in [7, 11) is 3.07. The summed E-state index contributed by atoms with van der Waals surface area (Å²) in [5, 5.41) is 11.6. The molecule has 0 unspecified atom stereocenters. The predicted molar refractivity (Wildman–Crippen MR) is 112 cm³/mol. The minimum atomic E-state index is -3.84. The van der Waals surface area contributed by atoms with Crippen LogP contribution in [0.1, 0.15) is 5.56 Å². The van der Waals surface area contributed by atoms with Gasteiger partial charge >= 0.3 is 0 Å². The van der Waals surface area contributed by atoms with Crippen molar-refractivity contribution in [2.75, 3.05) is 46.2 Å². The molecule has 9 nitrogen and oxygen atoms in total. The standard InChI is InChI=1S/C19H26N4O5S/c1-21(2)12-11-20-29(26,27)16-9-10-17(18(13-16)23(24)25)22(3)14-15-7-5-6-8-19(15)28-4/h5-10,13,20H,11-12,14H2,1-4H3. The van der Waals surface area contributed by atoms with Crippen LogP contribution in [-0.4, -0.2) is 59.6 Å². The van der Waals surface area contributed by atoms with Gasteiger partial charge in [-0.05, 0) is 32.3 Å². The van der Waals surface area contributed by atoms with E-state index in [2.05, 4.69) is 4.72 Å². The van der Waals surface area contributed by atoms with Crippen LogP contribution in [0.2, 0.25) is 0 Å². The Morgan fingerprint density at radius 1 is 1.14 bits per heavy atom. The van der Waals surface area contributed by atoms with Gasteiger partial charge in [0.1, 0.15) is 11.4 Å². The molecule has 0 aromatic heterocycles. The fourth-order valence-electron chi connectivity index (χ4n) is 2.80. The maximum absolute atomic E-state index is 12.5. The van der Waals surface area contributed by atoms with Crippen LogP contribution in [0.4, 0.5) is 11.4 Å². The molecule has 0 atom stereocenters. The van der Waals surface area contributed by atoms with Crippen molar-refractivity contribution in [3.8, 4) is 5.75 Å². The summed E-state index contributed by atoms with van der Waals surface area (Å²) in [4.78, 5) is 14.4. The molecule has 0 aliphatic rings. The Labute approximate surface area is 171 Å². The maximum atomic E-state index is 12.5. The number of hydrogen-bond acceptors (Lipinski definition) is 7. The molecule has 0 radical (unpaired) electrons. The van der Waals surface area contributed by atoms with Gasteiger partial charge in [-0.3, -0.25) is 10.1 Å². The van der Waals surface area contributed by atoms with Crippen LogP contribution in [0.3, 0.4) is 0 Å². The highest BCUT2D eigenvalue weighted by Crippen LogP contribution is 2.32. The Kier molecular flexibility index (Phi) is 7.54. The first-order valence-electron chi connectivity index (χ1n) is 8.91. The SMILES string of the molecule is COc1ccccc1CN(C)c1ccc(S(=O)(=O)NCCN(C)C)cc1[N+](=O)[O-]. The number of nitro groups is 1. The molecule has 0 bridgehead atoms. The average Bonchev–Trinajstić information content (AvgIpc) is 2.67. The molecular weight excluding hydrogens is 396 g/mol. The van der Waals surface area contributed by atoms with Gasteiger partial charge < -0.3 is 14.5 Å². The highest BCUT2D eigenvalue weighted by atomic mass is 32.2. The number of sulfonamides is 1. The van der Waals surface area contributed by atoms with Crippen LogP contribution >= 0.6 is 0 Å². The number of hydrogen-bond donors (Lipinski definition) is 1. The van der Waals surface area contributed by atoms with Gasteiger partial charge in [0.25, 0.3) is 5.69 Å². The van der Waals surface area contributed by atoms with Crippen molar-refractivity contribution in [3.05, 3.63) is 58.1 Å². The van der Waals surface area contributed by atoms with E-state index >= 15 is 0 Å². The van der Waals surface area contributed by atoms with Crippen LogP contribution in [0.5, 0.6) is 5.75 Å². The van der Waals surface area contributed by atoms with Gasteiger partial charge in [0, 0.05) is 38.3 Å². The normalized spacial score (nSPS) is 11.5. The van der Waals surface area contributed by atoms with Gasteiger partial charge in [0.05, 0.1) is 16.9 Å². The summed E-state index contributed by atoms with van der Waals surface area (Å²) in [6, 6.07) is 11.3. The highest BCUT2D eigenvalue weighted by molar-refractivity contribution is 7.89. The summed E-state index contributed by atoms with van der Waals surface area (Å²) < 4.78 is 32.7. The summed E-state index contributed by atoms with van der Waals surface area (Å²) in [5.74, 6) is 0.672. The number of benzene rings is 2. The number of methoxy groups -OCH3 is 1. The monoisotopic (exact) mass is 422 g/mol. The minimum Gasteiger partial charge on any atom is -0.496 e. The lowest BCUT2D eigenvalue weighted by Crippen LogP contribution is -2.31. The third-order valence-electron chi connectivity index (χ3n) is 4.32. The molecule has 0 fully saturated rings. The second-order valence-corrected chi connectivity index (χ2v) is 8.54. The summed E-state index contributed by atoms with van der Waals surface area (Å²) in [6.45, 7) is 1.08. The molecule has 10 heteroatoms. The molecule has 2 aromatic carbocycles. The zero-order valence-corrected chi connectivity index (χ0v) is 17.8. The minimum absolute atomic E-state index is 0.141. The topological polar surface area (TPSA) is 105 Å². The van der Waals surface area contributed by atoms with Crippen LogP contribution in [0.15, 0.2) is 47.4 Å². The van der Waals surface area contributed by atoms with Crippen LogP contribution in [-0.2, 0) is 16.6 Å². The van der Waals surface area contributed by atoms with Crippen molar-refractivity contribution in [1.29, 1.82) is 0 Å². The molecule has 158 valence electrons. The molecule has 0 amide bonds. The zero-order chi connectivity index (χ0) is 21.6. The van der Waals surface area contributed by atoms with Gasteiger partial charge in [-0.15, -0.1) is 0 Å². The molecule has 0 aliphatic heterocycles. The van der Waals surface area contributed by atoms with E-state index in [1.165, 1.54) is 12.1 Å². The maximum Gasteiger partial charge on any atom is 0.293 e. The molecule has 0 spiro atoms. The average molecular weight is 423 g/mol. The molecule has 29 heavy (non-hydrogen) atoms. The number of nitrogens with one attached hydrogen (secondary N) is 1. The Bertz CT molecular complexity index is 963. The first-order chi connectivity index (χ1) is 13.7. The van der Waals surface area contributed by atoms with Crippen molar-refractivity contribution < 1.29 is 18.1 Å². The lowest BCUT2D eigenvalue weighted by molar-refractivity contribution is -0.384. The van der Waals surface area contributed by atoms with Crippen molar-refractivity contribution in [3.63, 3.8) is 0 Å². The highest BCUT2D eigenvalue weighted by Gasteiger charge is 2.23. The molecule has 0 saturated heterocycles. The zero-order valence-electron chi connectivity index (χ0n) is 17.0. The fourth-order valence-corrected chi connectivity index (χ4v) is 3.84. The first kappa shape index (κ1) is 22.6. The second kappa shape index (κ2) is 9.68. The fraction of sp³-hybridized carbons (Fsp3) is 0.368. The molecule has 2 aromatic rings. The predicted octanol–water partition coefficient (Wildman–Crippen LogP) is 2.08. The van der Waals surface area contributed by atoms with Crippen LogP contribution in [0.25, 0.3) is 0 Å². The Morgan fingerprint density at radius 2 is 1.83 bits per heavy atom. The van der Waals surface area contributed by atoms with Gasteiger partial charge in [0.15, 0.2) is 0 Å². The quantitative estimate of drug-likeness (QED) is 0.462. The van der Waals surface area contributed by atoms with E-state index in [9.17, 15) is 18.5 Å². The molecule has 0 saturated carbocycles. The van der Waals surface area contributed by atoms with Crippen molar-refractivity contribution in [1.82, 2.24) is 9.62 Å². The smallest absolute Gasteiger partial charge is 0.293 e. The van der Waals surface area contributed by atoms with Gasteiger partial charge in [-0.1, -0.05) is 18.2 Å². The molecule has 0 heterocycles. The van der Waals surface area contributed by atoms with Gasteiger partial charge in [-0.2, -0.15) is 0 Å². The Hall–Kier alpha value is -2.69. The van der Waals surface area contributed by atoms with Crippen LogP contribution in [0, 0.1) is 10.1 Å². The number of nitro benzene ring substituents is 1. The van der Waals surface area contributed by atoms with E-state index in [1.807, 2.05) is 43.3 Å². The number of para-hydroxylation sites is 1. The number of rotatable bonds is 10. The van der Waals surface area contributed by atoms with Crippen molar-refractivity contribution >= 4 is 21.4 Å². The number of anilines is 1. The first-order valence-corrected chi connectivity index (χ1v) is 10.4. The van der Waals surface area contributed by atoms with Crippen molar-refractivity contribution in [2.24, 2.45) is 0 Å². The summed E-state index contributed by atoms with van der Waals surface area (Å²) >= 11 is 0. The number of ether oxygens (including phenoxy) is 1. The molecular formula is C19H26N4O5S. The number of likely N-dealkylation sites (N-methyl/N-ethyl adjacent to an activating group) is 1. The van der Waals surface area contributed by atoms with Crippen LogP contribution < -0.4 is 14.4 Å². The number of nitrogens with zero attached hydrogens (tertiary/aromatic N) is 3. The third-order valence-corrected chi connectivity index (χ3v) is 5.77. The Balaban J connectivity index is 2.30. The second-order valence-electron chi connectivity index (χ2n) is 6.78. The molecule has 2 rings (SSSR count). The summed E-state index contributed by atoms with van der Waals surface area (Å²) in [6.07, 6.45) is 0. The van der Waals surface area contributed by atoms with E-state index in [4.69, 9.17) is 4.74 Å². The van der Waals surface area contributed by atoms with Crippen molar-refractivity contribution in [2.45, 2.75) is 11.4 Å². The van der Waals surface area contributed by atoms with E-state index in [0.717, 1.165) is 11.6 Å². The van der Waals surface area contributed by atoms with E-state index in [1.54, 1.807) is 19.1 Å². The van der Waals surface area contributed by atoms with Gasteiger partial charge in [0.2, 0.25) is 10.0 Å². The summed E-state index contributed by atoms with van der Waals surface area (Å²) in [5.41, 5.74) is 0.889. The van der Waals surface area contributed by atoms with Gasteiger partial charge in [-0.25, -0.2) is 13.1 Å². The largest absolute Gasteiger partial charge is 0.496 e. The van der Waals surface area contributed by atoms with E-state index < -0.39 is 14.9 Å². The lowest BCUT2D eigenvalue weighted by Gasteiger charge is -2.21. The van der Waals surface area contributed by atoms with E-state index in [-0.39, 0.29) is 17.1 Å².